The predicted molar refractivity (Wildman–Crippen MR) is 115 cm³/mol. The van der Waals surface area contributed by atoms with E-state index in [9.17, 15) is 41.0 Å². The Hall–Kier alpha value is -3.64. The molecule has 0 radical (unpaired) electrons. The number of amides is 2. The van der Waals surface area contributed by atoms with E-state index in [-0.39, 0.29) is 18.2 Å². The second kappa shape index (κ2) is 9.78. The Balaban J connectivity index is 2.14. The summed E-state index contributed by atoms with van der Waals surface area (Å²) in [6, 6.07) is 3.87. The molecular weight excluding hydrogens is 498 g/mol. The first-order chi connectivity index (χ1) is 16.7. The highest BCUT2D eigenvalue weighted by Crippen LogP contribution is 2.43. The second-order valence-corrected chi connectivity index (χ2v) is 8.19. The first kappa shape index (κ1) is 27.0. The van der Waals surface area contributed by atoms with Gasteiger partial charge in [0.15, 0.2) is 0 Å². The molecule has 2 atom stereocenters. The van der Waals surface area contributed by atoms with Gasteiger partial charge >= 0.3 is 24.5 Å². The molecule has 3 rings (SSSR count). The minimum Gasteiger partial charge on any atom is -0.497 e. The molecule has 1 aliphatic heterocycles. The molecule has 2 aromatic carbocycles. The minimum absolute atomic E-state index is 0.000972. The molecule has 2 aromatic rings. The number of fused-ring (bicyclic) bond motifs is 1. The maximum Gasteiger partial charge on any atom is 0.416 e. The number of benzene rings is 2. The fourth-order valence-corrected chi connectivity index (χ4v) is 4.25. The van der Waals surface area contributed by atoms with Crippen molar-refractivity contribution in [1.82, 2.24) is 4.90 Å². The van der Waals surface area contributed by atoms with Crippen molar-refractivity contribution >= 4 is 17.9 Å². The van der Waals surface area contributed by atoms with Crippen LogP contribution in [-0.4, -0.2) is 42.5 Å². The molecule has 1 N–H and O–H groups in total. The molecule has 13 heteroatoms. The van der Waals surface area contributed by atoms with Crippen molar-refractivity contribution in [3.05, 3.63) is 58.7 Å². The molecular formula is C23H22F6N2O5. The Labute approximate surface area is 201 Å². The average molecular weight is 520 g/mol. The number of halogens is 6. The van der Waals surface area contributed by atoms with Gasteiger partial charge in [0.25, 0.3) is 0 Å². The van der Waals surface area contributed by atoms with Crippen LogP contribution in [0.2, 0.25) is 0 Å². The van der Waals surface area contributed by atoms with E-state index in [0.29, 0.717) is 23.4 Å². The van der Waals surface area contributed by atoms with Crippen molar-refractivity contribution in [2.75, 3.05) is 19.1 Å². The number of methoxy groups -OCH3 is 2. The van der Waals surface area contributed by atoms with Crippen LogP contribution in [0.25, 0.3) is 0 Å². The number of carboxylic acid groups (broad SMARTS) is 1. The summed E-state index contributed by atoms with van der Waals surface area (Å²) < 4.78 is 90.0. The Kier molecular flexibility index (Phi) is 7.32. The summed E-state index contributed by atoms with van der Waals surface area (Å²) in [5, 5.41) is 9.71. The van der Waals surface area contributed by atoms with Crippen LogP contribution in [0.1, 0.15) is 41.6 Å². The zero-order chi connectivity index (χ0) is 27.0. The van der Waals surface area contributed by atoms with Gasteiger partial charge in [0.2, 0.25) is 0 Å². The van der Waals surface area contributed by atoms with Gasteiger partial charge in [0, 0.05) is 18.7 Å². The van der Waals surface area contributed by atoms with Gasteiger partial charge in [-0.1, -0.05) is 6.07 Å². The van der Waals surface area contributed by atoms with Crippen LogP contribution >= 0.6 is 0 Å². The SMILES string of the molecule is COC(=O)N(Cc1cc(C(F)(F)F)cc(C(F)(F)F)c1)C1CC(C)N(C(=O)O)c2cc(OC)ccc21. The summed E-state index contributed by atoms with van der Waals surface area (Å²) in [5.41, 5.74) is -2.98. The van der Waals surface area contributed by atoms with E-state index in [1.807, 2.05) is 0 Å². The molecule has 0 bridgehead atoms. The lowest BCUT2D eigenvalue weighted by atomic mass is 9.90. The molecule has 0 aromatic heterocycles. The molecule has 0 saturated heterocycles. The Morgan fingerprint density at radius 1 is 1.03 bits per heavy atom. The quantitative estimate of drug-likeness (QED) is 0.478. The third-order valence-corrected chi connectivity index (χ3v) is 5.85. The summed E-state index contributed by atoms with van der Waals surface area (Å²) in [7, 11) is 2.39. The van der Waals surface area contributed by atoms with Crippen molar-refractivity contribution in [3.63, 3.8) is 0 Å². The van der Waals surface area contributed by atoms with Gasteiger partial charge in [-0.15, -0.1) is 0 Å². The van der Waals surface area contributed by atoms with Gasteiger partial charge in [0.05, 0.1) is 37.1 Å². The summed E-state index contributed by atoms with van der Waals surface area (Å²) in [4.78, 5) is 26.7. The summed E-state index contributed by atoms with van der Waals surface area (Å²) in [5.74, 6) is 0.310. The van der Waals surface area contributed by atoms with E-state index in [1.54, 1.807) is 6.92 Å². The Morgan fingerprint density at radius 2 is 1.61 bits per heavy atom. The van der Waals surface area contributed by atoms with Gasteiger partial charge in [-0.05, 0) is 48.7 Å². The van der Waals surface area contributed by atoms with Gasteiger partial charge in [0.1, 0.15) is 5.75 Å². The van der Waals surface area contributed by atoms with E-state index in [4.69, 9.17) is 9.47 Å². The number of ether oxygens (including phenoxy) is 2. The fraction of sp³-hybridized carbons (Fsp3) is 0.391. The van der Waals surface area contributed by atoms with Crippen LogP contribution in [0, 0.1) is 0 Å². The maximum absolute atomic E-state index is 13.3. The normalized spacial score (nSPS) is 17.9. The van der Waals surface area contributed by atoms with Gasteiger partial charge < -0.3 is 14.6 Å². The first-order valence-corrected chi connectivity index (χ1v) is 10.5. The number of carbonyl (C=O) groups is 2. The molecule has 36 heavy (non-hydrogen) atoms. The molecule has 2 amide bonds. The number of anilines is 1. The second-order valence-electron chi connectivity index (χ2n) is 8.19. The van der Waals surface area contributed by atoms with Gasteiger partial charge in [-0.2, -0.15) is 26.3 Å². The van der Waals surface area contributed by atoms with E-state index in [1.165, 1.54) is 25.3 Å². The number of nitrogens with zero attached hydrogens (tertiary/aromatic N) is 2. The van der Waals surface area contributed by atoms with Crippen LogP contribution in [0.3, 0.4) is 0 Å². The summed E-state index contributed by atoms with van der Waals surface area (Å²) in [6.45, 7) is 0.903. The molecule has 0 spiro atoms. The van der Waals surface area contributed by atoms with Crippen molar-refractivity contribution in [2.45, 2.75) is 44.3 Å². The topological polar surface area (TPSA) is 79.3 Å². The zero-order valence-electron chi connectivity index (χ0n) is 19.3. The molecule has 0 saturated carbocycles. The van der Waals surface area contributed by atoms with E-state index < -0.39 is 59.9 Å². The first-order valence-electron chi connectivity index (χ1n) is 10.5. The van der Waals surface area contributed by atoms with Crippen molar-refractivity contribution in [3.8, 4) is 5.75 Å². The third-order valence-electron chi connectivity index (χ3n) is 5.85. The van der Waals surface area contributed by atoms with Crippen molar-refractivity contribution < 1.29 is 50.5 Å². The summed E-state index contributed by atoms with van der Waals surface area (Å²) >= 11 is 0. The lowest BCUT2D eigenvalue weighted by Gasteiger charge is -2.42. The lowest BCUT2D eigenvalue weighted by molar-refractivity contribution is -0.143. The number of alkyl halides is 6. The van der Waals surface area contributed by atoms with Gasteiger partial charge in [-0.3, -0.25) is 9.80 Å². The number of hydrogen-bond donors (Lipinski definition) is 1. The highest BCUT2D eigenvalue weighted by Gasteiger charge is 2.40. The van der Waals surface area contributed by atoms with Crippen molar-refractivity contribution in [2.24, 2.45) is 0 Å². The third kappa shape index (κ3) is 5.44. The number of carbonyl (C=O) groups excluding carboxylic acids is 1. The molecule has 7 nitrogen and oxygen atoms in total. The van der Waals surface area contributed by atoms with E-state index in [2.05, 4.69) is 0 Å². The van der Waals surface area contributed by atoms with Crippen LogP contribution < -0.4 is 9.64 Å². The number of rotatable bonds is 4. The lowest BCUT2D eigenvalue weighted by Crippen LogP contribution is -2.47. The smallest absolute Gasteiger partial charge is 0.416 e. The monoisotopic (exact) mass is 520 g/mol. The average Bonchev–Trinajstić information content (AvgIpc) is 2.79. The highest BCUT2D eigenvalue weighted by atomic mass is 19.4. The standard InChI is InChI=1S/C23H22F6N2O5/c1-12-6-18(17-5-4-16(35-2)10-19(17)31(12)20(32)33)30(21(34)36-3)11-13-7-14(22(24,25)26)9-15(8-13)23(27,28)29/h4-5,7-10,12,18H,6,11H2,1-3H3,(H,32,33). The zero-order valence-corrected chi connectivity index (χ0v) is 19.3. The molecule has 1 aliphatic rings. The van der Waals surface area contributed by atoms with Gasteiger partial charge in [-0.25, -0.2) is 9.59 Å². The fourth-order valence-electron chi connectivity index (χ4n) is 4.25. The molecule has 0 aliphatic carbocycles. The number of hydrogen-bond acceptors (Lipinski definition) is 4. The van der Waals surface area contributed by atoms with Crippen molar-refractivity contribution in [1.29, 1.82) is 0 Å². The Bertz CT molecular complexity index is 1120. The van der Waals surface area contributed by atoms with E-state index in [0.717, 1.165) is 16.9 Å². The van der Waals surface area contributed by atoms with Crippen LogP contribution in [0.4, 0.5) is 41.6 Å². The largest absolute Gasteiger partial charge is 0.497 e. The molecule has 2 unspecified atom stereocenters. The van der Waals surface area contributed by atoms with Crippen LogP contribution in [0.15, 0.2) is 36.4 Å². The van der Waals surface area contributed by atoms with Crippen LogP contribution in [-0.2, 0) is 23.6 Å². The van der Waals surface area contributed by atoms with Crippen LogP contribution in [0.5, 0.6) is 5.75 Å². The maximum atomic E-state index is 13.3. The molecule has 0 fully saturated rings. The Morgan fingerprint density at radius 3 is 2.08 bits per heavy atom. The summed E-state index contributed by atoms with van der Waals surface area (Å²) in [6.07, 6.45) is -12.4. The highest BCUT2D eigenvalue weighted by molar-refractivity contribution is 5.89. The van der Waals surface area contributed by atoms with E-state index >= 15 is 0 Å². The minimum atomic E-state index is -5.06. The predicted octanol–water partition coefficient (Wildman–Crippen LogP) is 6.32. The molecule has 1 heterocycles. The molecule has 196 valence electrons.